The highest BCUT2D eigenvalue weighted by Gasteiger charge is 2.15. The molecule has 0 bridgehead atoms. The summed E-state index contributed by atoms with van der Waals surface area (Å²) in [6.45, 7) is 2.11. The Morgan fingerprint density at radius 2 is 1.70 bits per heavy atom. The van der Waals surface area contributed by atoms with Crippen molar-refractivity contribution >= 4 is 11.1 Å². The van der Waals surface area contributed by atoms with E-state index in [2.05, 4.69) is 54.7 Å². The molecule has 1 atom stereocenters. The predicted molar refractivity (Wildman–Crippen MR) is 84.7 cm³/mol. The van der Waals surface area contributed by atoms with Crippen LogP contribution in [0.25, 0.3) is 11.1 Å². The van der Waals surface area contributed by atoms with E-state index in [0.29, 0.717) is 0 Å². The molecule has 1 unspecified atom stereocenters. The Labute approximate surface area is 119 Å². The molecular formula is C18H18N2. The van der Waals surface area contributed by atoms with Gasteiger partial charge in [0.1, 0.15) is 6.17 Å². The van der Waals surface area contributed by atoms with Gasteiger partial charge in [-0.25, -0.2) is 0 Å². The van der Waals surface area contributed by atoms with Crippen LogP contribution in [0.15, 0.2) is 66.9 Å². The molecular weight excluding hydrogens is 244 g/mol. The first kappa shape index (κ1) is 12.7. The number of allylic oxidation sites excluding steroid dienone is 2. The lowest BCUT2D eigenvalue weighted by Gasteiger charge is -2.23. The number of nitrogens with one attached hydrogen (secondary N) is 1. The molecule has 1 aliphatic rings. The lowest BCUT2D eigenvalue weighted by Crippen LogP contribution is -2.36. The molecule has 3 N–H and O–H groups in total. The van der Waals surface area contributed by atoms with Crippen LogP contribution >= 0.6 is 0 Å². The Hall–Kier alpha value is -2.32. The molecule has 1 heterocycles. The molecule has 20 heavy (non-hydrogen) atoms. The Balaban J connectivity index is 2.01. The van der Waals surface area contributed by atoms with Gasteiger partial charge in [0.05, 0.1) is 0 Å². The largest absolute Gasteiger partial charge is 0.372 e. The smallest absolute Gasteiger partial charge is 0.101 e. The summed E-state index contributed by atoms with van der Waals surface area (Å²) in [4.78, 5) is 0. The van der Waals surface area contributed by atoms with Crippen LogP contribution in [0.1, 0.15) is 16.7 Å². The molecule has 0 aromatic heterocycles. The number of aryl methyl sites for hydroxylation is 1. The first-order chi connectivity index (χ1) is 9.74. The first-order valence-electron chi connectivity index (χ1n) is 6.80. The van der Waals surface area contributed by atoms with Crippen molar-refractivity contribution in [3.05, 3.63) is 83.6 Å². The van der Waals surface area contributed by atoms with Crippen LogP contribution in [-0.4, -0.2) is 6.17 Å². The van der Waals surface area contributed by atoms with Crippen molar-refractivity contribution in [3.63, 3.8) is 0 Å². The second kappa shape index (κ2) is 5.35. The standard InChI is InChI=1S/C18H18N2/c1-13-6-5-9-15(10-13)16-11-17(18(19)20-12-16)14-7-3-2-4-8-14/h2-12,18,20H,19H2,1H3. The fourth-order valence-electron chi connectivity index (χ4n) is 2.45. The third-order valence-electron chi connectivity index (χ3n) is 3.52. The zero-order valence-corrected chi connectivity index (χ0v) is 11.5. The molecule has 2 heteroatoms. The molecule has 0 saturated carbocycles. The molecule has 100 valence electrons. The van der Waals surface area contributed by atoms with Crippen LogP contribution in [0.2, 0.25) is 0 Å². The van der Waals surface area contributed by atoms with Gasteiger partial charge in [0.2, 0.25) is 0 Å². The Bertz CT molecular complexity index is 669. The van der Waals surface area contributed by atoms with E-state index < -0.39 is 0 Å². The highest BCUT2D eigenvalue weighted by Crippen LogP contribution is 2.26. The Morgan fingerprint density at radius 1 is 0.950 bits per heavy atom. The predicted octanol–water partition coefficient (Wildman–Crippen LogP) is 3.31. The van der Waals surface area contributed by atoms with Crippen LogP contribution < -0.4 is 11.1 Å². The number of nitrogens with two attached hydrogens (primary N) is 1. The number of benzene rings is 2. The van der Waals surface area contributed by atoms with Gasteiger partial charge in [-0.3, -0.25) is 0 Å². The molecule has 2 aromatic rings. The molecule has 2 aromatic carbocycles. The lowest BCUT2D eigenvalue weighted by atomic mass is 9.95. The second-order valence-corrected chi connectivity index (χ2v) is 5.08. The summed E-state index contributed by atoms with van der Waals surface area (Å²) >= 11 is 0. The summed E-state index contributed by atoms with van der Waals surface area (Å²) in [7, 11) is 0. The van der Waals surface area contributed by atoms with E-state index in [1.807, 2.05) is 24.4 Å². The summed E-state index contributed by atoms with van der Waals surface area (Å²) in [6.07, 6.45) is 4.00. The fraction of sp³-hybridized carbons (Fsp3) is 0.111. The number of dihydropyridines is 1. The minimum absolute atomic E-state index is 0.161. The Morgan fingerprint density at radius 3 is 2.45 bits per heavy atom. The van der Waals surface area contributed by atoms with E-state index in [4.69, 9.17) is 5.73 Å². The van der Waals surface area contributed by atoms with E-state index in [1.165, 1.54) is 11.1 Å². The van der Waals surface area contributed by atoms with Crippen LogP contribution in [0.5, 0.6) is 0 Å². The van der Waals surface area contributed by atoms with Gasteiger partial charge in [-0.15, -0.1) is 0 Å². The van der Waals surface area contributed by atoms with Crippen molar-refractivity contribution < 1.29 is 0 Å². The van der Waals surface area contributed by atoms with Crippen LogP contribution in [-0.2, 0) is 0 Å². The van der Waals surface area contributed by atoms with Crippen molar-refractivity contribution in [1.29, 1.82) is 0 Å². The zero-order chi connectivity index (χ0) is 13.9. The first-order valence-corrected chi connectivity index (χ1v) is 6.80. The maximum Gasteiger partial charge on any atom is 0.101 e. The van der Waals surface area contributed by atoms with E-state index >= 15 is 0 Å². The highest BCUT2D eigenvalue weighted by atomic mass is 15.0. The summed E-state index contributed by atoms with van der Waals surface area (Å²) < 4.78 is 0. The third kappa shape index (κ3) is 2.51. The Kier molecular flexibility index (Phi) is 3.40. The molecule has 0 aliphatic carbocycles. The molecule has 0 fully saturated rings. The van der Waals surface area contributed by atoms with Crippen molar-refractivity contribution in [2.24, 2.45) is 5.73 Å². The minimum atomic E-state index is -0.161. The highest BCUT2D eigenvalue weighted by molar-refractivity contribution is 5.87. The second-order valence-electron chi connectivity index (χ2n) is 5.08. The molecule has 2 nitrogen and oxygen atoms in total. The van der Waals surface area contributed by atoms with Gasteiger partial charge in [0, 0.05) is 6.20 Å². The van der Waals surface area contributed by atoms with E-state index in [-0.39, 0.29) is 6.17 Å². The third-order valence-corrected chi connectivity index (χ3v) is 3.52. The van der Waals surface area contributed by atoms with Gasteiger partial charge in [-0.1, -0.05) is 60.2 Å². The summed E-state index contributed by atoms with van der Waals surface area (Å²) in [6, 6.07) is 18.8. The quantitative estimate of drug-likeness (QED) is 0.871. The number of hydrogen-bond donors (Lipinski definition) is 2. The van der Waals surface area contributed by atoms with Crippen molar-refractivity contribution in [2.45, 2.75) is 13.1 Å². The van der Waals surface area contributed by atoms with Gasteiger partial charge < -0.3 is 11.1 Å². The average Bonchev–Trinajstić information content (AvgIpc) is 2.48. The molecule has 0 radical (unpaired) electrons. The van der Waals surface area contributed by atoms with E-state index in [1.54, 1.807) is 0 Å². The topological polar surface area (TPSA) is 38.0 Å². The normalized spacial score (nSPS) is 18.0. The minimum Gasteiger partial charge on any atom is -0.372 e. The molecule has 3 rings (SSSR count). The van der Waals surface area contributed by atoms with Gasteiger partial charge in [0.15, 0.2) is 0 Å². The summed E-state index contributed by atoms with van der Waals surface area (Å²) in [5.41, 5.74) is 12.1. The molecule has 1 aliphatic heterocycles. The average molecular weight is 262 g/mol. The van der Waals surface area contributed by atoms with Gasteiger partial charge in [0.25, 0.3) is 0 Å². The maximum atomic E-state index is 6.16. The zero-order valence-electron chi connectivity index (χ0n) is 11.5. The summed E-state index contributed by atoms with van der Waals surface area (Å²) in [5, 5.41) is 3.25. The summed E-state index contributed by atoms with van der Waals surface area (Å²) in [5.74, 6) is 0. The van der Waals surface area contributed by atoms with Crippen LogP contribution in [0.3, 0.4) is 0 Å². The SMILES string of the molecule is Cc1cccc(C2=CNC(N)C(c3ccccc3)=C2)c1. The van der Waals surface area contributed by atoms with Crippen molar-refractivity contribution in [2.75, 3.05) is 0 Å². The number of rotatable bonds is 2. The van der Waals surface area contributed by atoms with E-state index in [0.717, 1.165) is 16.7 Å². The maximum absolute atomic E-state index is 6.16. The molecule has 0 spiro atoms. The van der Waals surface area contributed by atoms with E-state index in [9.17, 15) is 0 Å². The number of hydrogen-bond acceptors (Lipinski definition) is 2. The van der Waals surface area contributed by atoms with Crippen LogP contribution in [0.4, 0.5) is 0 Å². The monoisotopic (exact) mass is 262 g/mol. The van der Waals surface area contributed by atoms with Crippen molar-refractivity contribution in [1.82, 2.24) is 5.32 Å². The fourth-order valence-corrected chi connectivity index (χ4v) is 2.45. The van der Waals surface area contributed by atoms with Crippen LogP contribution in [0, 0.1) is 6.92 Å². The molecule has 0 amide bonds. The van der Waals surface area contributed by atoms with Gasteiger partial charge in [-0.05, 0) is 35.3 Å². The lowest BCUT2D eigenvalue weighted by molar-refractivity contribution is 0.747. The molecule has 0 saturated heterocycles. The van der Waals surface area contributed by atoms with Crippen molar-refractivity contribution in [3.8, 4) is 0 Å². The van der Waals surface area contributed by atoms with Gasteiger partial charge >= 0.3 is 0 Å². The van der Waals surface area contributed by atoms with Gasteiger partial charge in [-0.2, -0.15) is 0 Å².